The second-order valence-electron chi connectivity index (χ2n) is 7.62. The number of ether oxygens (including phenoxy) is 1. The number of aliphatic imine (C=N–C) groups is 1. The fourth-order valence-electron chi connectivity index (χ4n) is 3.14. The summed E-state index contributed by atoms with van der Waals surface area (Å²) in [5, 5.41) is 6.73. The molecule has 1 aromatic heterocycles. The Kier molecular flexibility index (Phi) is 13.2. The number of anilines is 1. The van der Waals surface area contributed by atoms with Crippen molar-refractivity contribution < 1.29 is 4.74 Å². The fourth-order valence-corrected chi connectivity index (χ4v) is 3.14. The largest absolute Gasteiger partial charge is 0.381 e. The molecule has 166 valence electrons. The van der Waals surface area contributed by atoms with Crippen molar-refractivity contribution in [1.29, 1.82) is 0 Å². The summed E-state index contributed by atoms with van der Waals surface area (Å²) >= 11 is 0. The van der Waals surface area contributed by atoms with Crippen LogP contribution in [0.5, 0.6) is 0 Å². The molecule has 0 aliphatic carbocycles. The SMILES string of the molecule is CCN1CCN(c2cc(CNC(=NC)NCCCOCC(C)C)ccn2)CC1.I. The van der Waals surface area contributed by atoms with Crippen molar-refractivity contribution in [2.75, 3.05) is 64.4 Å². The molecule has 1 saturated heterocycles. The van der Waals surface area contributed by atoms with E-state index in [0.717, 1.165) is 77.2 Å². The number of piperazine rings is 1. The first-order chi connectivity index (χ1) is 13.6. The van der Waals surface area contributed by atoms with Gasteiger partial charge in [-0.1, -0.05) is 20.8 Å². The van der Waals surface area contributed by atoms with Gasteiger partial charge in [-0.25, -0.2) is 4.98 Å². The summed E-state index contributed by atoms with van der Waals surface area (Å²) in [4.78, 5) is 13.7. The zero-order valence-corrected chi connectivity index (χ0v) is 20.8. The highest BCUT2D eigenvalue weighted by atomic mass is 127. The number of rotatable bonds is 10. The Morgan fingerprint density at radius 3 is 2.66 bits per heavy atom. The van der Waals surface area contributed by atoms with Crippen LogP contribution < -0.4 is 15.5 Å². The first-order valence-electron chi connectivity index (χ1n) is 10.6. The predicted octanol–water partition coefficient (Wildman–Crippen LogP) is 2.57. The number of hydrogen-bond acceptors (Lipinski definition) is 5. The highest BCUT2D eigenvalue weighted by Gasteiger charge is 2.16. The van der Waals surface area contributed by atoms with Crippen LogP contribution in [0.2, 0.25) is 0 Å². The monoisotopic (exact) mass is 518 g/mol. The molecule has 8 heteroatoms. The maximum absolute atomic E-state index is 5.61. The number of nitrogens with zero attached hydrogens (tertiary/aromatic N) is 4. The lowest BCUT2D eigenvalue weighted by molar-refractivity contribution is 0.108. The minimum atomic E-state index is 0. The maximum Gasteiger partial charge on any atom is 0.191 e. The van der Waals surface area contributed by atoms with E-state index in [0.29, 0.717) is 5.92 Å². The fraction of sp³-hybridized carbons (Fsp3) is 0.714. The smallest absolute Gasteiger partial charge is 0.191 e. The van der Waals surface area contributed by atoms with Crippen LogP contribution in [-0.2, 0) is 11.3 Å². The summed E-state index contributed by atoms with van der Waals surface area (Å²) < 4.78 is 5.61. The van der Waals surface area contributed by atoms with Crippen LogP contribution in [-0.4, -0.2) is 75.4 Å². The standard InChI is InChI=1S/C21H38N6O.HI/c1-5-26-10-12-27(13-11-26)20-15-19(7-9-23-20)16-25-21(22-4)24-8-6-14-28-17-18(2)3;/h7,9,15,18H,5-6,8,10-14,16-17H2,1-4H3,(H2,22,24,25);1H. The average Bonchev–Trinajstić information content (AvgIpc) is 2.72. The number of hydrogen-bond donors (Lipinski definition) is 2. The van der Waals surface area contributed by atoms with Gasteiger partial charge in [-0.2, -0.15) is 0 Å². The lowest BCUT2D eigenvalue weighted by atomic mass is 10.2. The number of nitrogens with one attached hydrogen (secondary N) is 2. The van der Waals surface area contributed by atoms with Gasteiger partial charge in [0.25, 0.3) is 0 Å². The third-order valence-corrected chi connectivity index (χ3v) is 4.85. The summed E-state index contributed by atoms with van der Waals surface area (Å²) in [6.45, 7) is 15.2. The molecule has 29 heavy (non-hydrogen) atoms. The summed E-state index contributed by atoms with van der Waals surface area (Å²) in [6, 6.07) is 4.24. The van der Waals surface area contributed by atoms with Crippen LogP contribution >= 0.6 is 24.0 Å². The highest BCUT2D eigenvalue weighted by Crippen LogP contribution is 2.15. The van der Waals surface area contributed by atoms with E-state index in [-0.39, 0.29) is 24.0 Å². The van der Waals surface area contributed by atoms with Crippen LogP contribution in [0.3, 0.4) is 0 Å². The number of halogens is 1. The topological polar surface area (TPSA) is 65.0 Å². The summed E-state index contributed by atoms with van der Waals surface area (Å²) in [7, 11) is 1.80. The average molecular weight is 518 g/mol. The number of pyridine rings is 1. The lowest BCUT2D eigenvalue weighted by Gasteiger charge is -2.34. The molecule has 2 rings (SSSR count). The molecule has 0 atom stereocenters. The van der Waals surface area contributed by atoms with Crippen LogP contribution in [0.15, 0.2) is 23.3 Å². The second kappa shape index (κ2) is 14.8. The van der Waals surface area contributed by atoms with Crippen molar-refractivity contribution in [2.24, 2.45) is 10.9 Å². The van der Waals surface area contributed by atoms with Gasteiger partial charge in [-0.3, -0.25) is 4.99 Å². The van der Waals surface area contributed by atoms with E-state index >= 15 is 0 Å². The van der Waals surface area contributed by atoms with Crippen LogP contribution in [0.1, 0.15) is 32.8 Å². The van der Waals surface area contributed by atoms with Crippen molar-refractivity contribution in [3.05, 3.63) is 23.9 Å². The summed E-state index contributed by atoms with van der Waals surface area (Å²) in [5.74, 6) is 2.47. The molecule has 1 fully saturated rings. The Morgan fingerprint density at radius 1 is 1.24 bits per heavy atom. The van der Waals surface area contributed by atoms with Crippen LogP contribution in [0, 0.1) is 5.92 Å². The van der Waals surface area contributed by atoms with E-state index in [2.05, 4.69) is 63.3 Å². The second-order valence-corrected chi connectivity index (χ2v) is 7.62. The molecule has 0 bridgehead atoms. The molecular formula is C21H39IN6O. The molecule has 2 N–H and O–H groups in total. The van der Waals surface area contributed by atoms with Gasteiger partial charge >= 0.3 is 0 Å². The maximum atomic E-state index is 5.61. The minimum Gasteiger partial charge on any atom is -0.381 e. The summed E-state index contributed by atoms with van der Waals surface area (Å²) in [6.07, 6.45) is 2.87. The van der Waals surface area contributed by atoms with Gasteiger partial charge in [-0.15, -0.1) is 24.0 Å². The molecule has 0 spiro atoms. The molecular weight excluding hydrogens is 479 g/mol. The first kappa shape index (κ1) is 25.9. The third kappa shape index (κ3) is 9.95. The predicted molar refractivity (Wildman–Crippen MR) is 132 cm³/mol. The molecule has 1 aromatic rings. The van der Waals surface area contributed by atoms with E-state index in [1.807, 2.05) is 6.20 Å². The molecule has 1 aliphatic rings. The van der Waals surface area contributed by atoms with Crippen molar-refractivity contribution >= 4 is 35.8 Å². The highest BCUT2D eigenvalue weighted by molar-refractivity contribution is 14.0. The van der Waals surface area contributed by atoms with Crippen molar-refractivity contribution in [2.45, 2.75) is 33.7 Å². The number of aromatic nitrogens is 1. The van der Waals surface area contributed by atoms with E-state index in [1.54, 1.807) is 7.05 Å². The number of guanidine groups is 1. The van der Waals surface area contributed by atoms with E-state index < -0.39 is 0 Å². The molecule has 0 radical (unpaired) electrons. The molecule has 1 aliphatic heterocycles. The van der Waals surface area contributed by atoms with Gasteiger partial charge in [0, 0.05) is 65.7 Å². The third-order valence-electron chi connectivity index (χ3n) is 4.85. The Balaban J connectivity index is 0.00000420. The molecule has 2 heterocycles. The first-order valence-corrected chi connectivity index (χ1v) is 10.6. The van der Waals surface area contributed by atoms with Gasteiger partial charge < -0.3 is 25.2 Å². The van der Waals surface area contributed by atoms with Gasteiger partial charge in [0.1, 0.15) is 5.82 Å². The van der Waals surface area contributed by atoms with Gasteiger partial charge in [0.15, 0.2) is 5.96 Å². The Hall–Kier alpha value is -1.13. The summed E-state index contributed by atoms with van der Waals surface area (Å²) in [5.41, 5.74) is 1.21. The zero-order chi connectivity index (χ0) is 20.2. The Morgan fingerprint density at radius 2 is 2.00 bits per heavy atom. The lowest BCUT2D eigenvalue weighted by Crippen LogP contribution is -2.46. The van der Waals surface area contributed by atoms with E-state index in [9.17, 15) is 0 Å². The minimum absolute atomic E-state index is 0. The molecule has 0 aromatic carbocycles. The zero-order valence-electron chi connectivity index (χ0n) is 18.5. The Bertz CT molecular complexity index is 590. The molecule has 0 amide bonds. The van der Waals surface area contributed by atoms with Crippen LogP contribution in [0.4, 0.5) is 5.82 Å². The Labute approximate surface area is 193 Å². The van der Waals surface area contributed by atoms with Crippen molar-refractivity contribution in [3.8, 4) is 0 Å². The van der Waals surface area contributed by atoms with Gasteiger partial charge in [0.05, 0.1) is 0 Å². The van der Waals surface area contributed by atoms with Crippen LogP contribution in [0.25, 0.3) is 0 Å². The quantitative estimate of drug-likeness (QED) is 0.215. The van der Waals surface area contributed by atoms with E-state index in [4.69, 9.17) is 4.74 Å². The van der Waals surface area contributed by atoms with Crippen molar-refractivity contribution in [3.63, 3.8) is 0 Å². The normalized spacial score (nSPS) is 15.3. The van der Waals surface area contributed by atoms with Gasteiger partial charge in [-0.05, 0) is 36.6 Å². The molecule has 0 unspecified atom stereocenters. The molecule has 0 saturated carbocycles. The van der Waals surface area contributed by atoms with Crippen molar-refractivity contribution in [1.82, 2.24) is 20.5 Å². The number of likely N-dealkylation sites (N-methyl/N-ethyl adjacent to an activating group) is 1. The molecule has 7 nitrogen and oxygen atoms in total. The van der Waals surface area contributed by atoms with E-state index in [1.165, 1.54) is 5.56 Å². The van der Waals surface area contributed by atoms with Gasteiger partial charge in [0.2, 0.25) is 0 Å².